The summed E-state index contributed by atoms with van der Waals surface area (Å²) in [4.78, 5) is 14.9. The number of amides is 1. The number of hydrogen-bond donors (Lipinski definition) is 0. The summed E-state index contributed by atoms with van der Waals surface area (Å²) in [7, 11) is 0. The lowest BCUT2D eigenvalue weighted by atomic mass is 10.0. The lowest BCUT2D eigenvalue weighted by molar-refractivity contribution is 0.0566. The predicted molar refractivity (Wildman–Crippen MR) is 110 cm³/mol. The molecule has 3 aromatic rings. The van der Waals surface area contributed by atoms with Gasteiger partial charge in [0.1, 0.15) is 11.9 Å². The van der Waals surface area contributed by atoms with Crippen LogP contribution in [0.25, 0.3) is 11.1 Å². The molecule has 1 saturated heterocycles. The number of nitrogens with zero attached hydrogens (tertiary/aromatic N) is 1. The minimum atomic E-state index is -0.0472. The molecule has 0 saturated carbocycles. The highest BCUT2D eigenvalue weighted by atomic mass is 16.5. The zero-order chi connectivity index (χ0) is 19.5. The quantitative estimate of drug-likeness (QED) is 0.626. The number of carbonyl (C=O) groups excluding carboxylic acids is 1. The van der Waals surface area contributed by atoms with Crippen molar-refractivity contribution in [2.45, 2.75) is 32.8 Å². The summed E-state index contributed by atoms with van der Waals surface area (Å²) in [5.74, 6) is 1.32. The van der Waals surface area contributed by atoms with Crippen LogP contribution in [0, 0.1) is 13.8 Å². The van der Waals surface area contributed by atoms with E-state index >= 15 is 0 Å². The maximum atomic E-state index is 13.0. The average molecular weight is 375 g/mol. The van der Waals surface area contributed by atoms with Gasteiger partial charge in [-0.15, -0.1) is 0 Å². The van der Waals surface area contributed by atoms with Crippen LogP contribution < -0.4 is 4.74 Å². The first-order valence-corrected chi connectivity index (χ1v) is 9.78. The second-order valence-electron chi connectivity index (χ2n) is 7.41. The zero-order valence-corrected chi connectivity index (χ0v) is 16.4. The fraction of sp³-hybridized carbons (Fsp3) is 0.292. The molecule has 0 aliphatic carbocycles. The number of piperidine rings is 1. The highest BCUT2D eigenvalue weighted by Gasteiger charge is 2.28. The summed E-state index contributed by atoms with van der Waals surface area (Å²) in [5.41, 5.74) is 4.18. The number of aryl methyl sites for hydroxylation is 2. The van der Waals surface area contributed by atoms with Crippen LogP contribution in [-0.4, -0.2) is 30.0 Å². The summed E-state index contributed by atoms with van der Waals surface area (Å²) < 4.78 is 11.8. The molecule has 0 radical (unpaired) electrons. The molecule has 144 valence electrons. The molecule has 1 amide bonds. The maximum absolute atomic E-state index is 13.0. The summed E-state index contributed by atoms with van der Waals surface area (Å²) in [5, 5.41) is 0. The van der Waals surface area contributed by atoms with Gasteiger partial charge in [0.15, 0.2) is 5.76 Å². The highest BCUT2D eigenvalue weighted by molar-refractivity contribution is 5.98. The Morgan fingerprint density at radius 3 is 2.54 bits per heavy atom. The Kier molecular flexibility index (Phi) is 5.20. The Labute approximate surface area is 165 Å². The van der Waals surface area contributed by atoms with E-state index in [1.54, 1.807) is 6.26 Å². The van der Waals surface area contributed by atoms with Gasteiger partial charge >= 0.3 is 0 Å². The van der Waals surface area contributed by atoms with Crippen molar-refractivity contribution in [3.05, 3.63) is 77.7 Å². The van der Waals surface area contributed by atoms with Crippen molar-refractivity contribution < 1.29 is 13.9 Å². The molecule has 0 atom stereocenters. The largest absolute Gasteiger partial charge is 0.490 e. The molecule has 1 aliphatic heterocycles. The molecule has 4 nitrogen and oxygen atoms in total. The number of likely N-dealkylation sites (tertiary alicyclic amines) is 1. The van der Waals surface area contributed by atoms with Crippen molar-refractivity contribution in [2.75, 3.05) is 13.1 Å². The fourth-order valence-corrected chi connectivity index (χ4v) is 3.65. The van der Waals surface area contributed by atoms with Crippen molar-refractivity contribution in [1.82, 2.24) is 4.90 Å². The number of ether oxygens (including phenoxy) is 1. The van der Waals surface area contributed by atoms with Crippen LogP contribution in [0.4, 0.5) is 0 Å². The average Bonchev–Trinajstić information content (AvgIpc) is 3.21. The molecular weight excluding hydrogens is 350 g/mol. The van der Waals surface area contributed by atoms with Gasteiger partial charge in [-0.25, -0.2) is 0 Å². The highest BCUT2D eigenvalue weighted by Crippen LogP contribution is 2.28. The van der Waals surface area contributed by atoms with E-state index in [-0.39, 0.29) is 12.0 Å². The Morgan fingerprint density at radius 1 is 1.04 bits per heavy atom. The molecule has 0 spiro atoms. The van der Waals surface area contributed by atoms with Crippen LogP contribution >= 0.6 is 0 Å². The zero-order valence-electron chi connectivity index (χ0n) is 16.4. The maximum Gasteiger partial charge on any atom is 0.290 e. The van der Waals surface area contributed by atoms with Crippen molar-refractivity contribution in [3.8, 4) is 16.9 Å². The first-order valence-electron chi connectivity index (χ1n) is 9.78. The van der Waals surface area contributed by atoms with Gasteiger partial charge in [-0.05, 0) is 42.7 Å². The van der Waals surface area contributed by atoms with Crippen LogP contribution in [0.3, 0.4) is 0 Å². The van der Waals surface area contributed by atoms with E-state index in [0.717, 1.165) is 35.3 Å². The second-order valence-corrected chi connectivity index (χ2v) is 7.41. The lowest BCUT2D eigenvalue weighted by Gasteiger charge is -2.32. The third-order valence-corrected chi connectivity index (χ3v) is 5.31. The van der Waals surface area contributed by atoms with Crippen molar-refractivity contribution in [2.24, 2.45) is 0 Å². The van der Waals surface area contributed by atoms with Crippen molar-refractivity contribution >= 4 is 5.91 Å². The molecule has 4 rings (SSSR count). The lowest BCUT2D eigenvalue weighted by Crippen LogP contribution is -2.41. The van der Waals surface area contributed by atoms with E-state index in [1.165, 1.54) is 5.56 Å². The molecule has 28 heavy (non-hydrogen) atoms. The molecule has 1 aromatic heterocycles. The summed E-state index contributed by atoms with van der Waals surface area (Å²) >= 11 is 0. The summed E-state index contributed by atoms with van der Waals surface area (Å²) in [6, 6.07) is 18.0. The molecule has 0 N–H and O–H groups in total. The van der Waals surface area contributed by atoms with Crippen molar-refractivity contribution in [3.63, 3.8) is 0 Å². The van der Waals surface area contributed by atoms with Crippen LogP contribution in [0.5, 0.6) is 5.75 Å². The molecule has 0 unspecified atom stereocenters. The third kappa shape index (κ3) is 3.81. The first-order chi connectivity index (χ1) is 13.6. The molecule has 1 aliphatic rings. The van der Waals surface area contributed by atoms with Gasteiger partial charge in [-0.3, -0.25) is 4.79 Å². The van der Waals surface area contributed by atoms with E-state index in [9.17, 15) is 4.79 Å². The standard InChI is InChI=1S/C24H25NO3/c1-17-8-9-18(2)22(16-17)28-20-10-13-25(14-11-20)24(26)23-21(12-15-27-23)19-6-4-3-5-7-19/h3-9,12,15-16,20H,10-11,13-14H2,1-2H3. The number of rotatable bonds is 4. The van der Waals surface area contributed by atoms with E-state index in [0.29, 0.717) is 18.8 Å². The van der Waals surface area contributed by atoms with Crippen LogP contribution in [-0.2, 0) is 0 Å². The van der Waals surface area contributed by atoms with Crippen molar-refractivity contribution in [1.29, 1.82) is 0 Å². The van der Waals surface area contributed by atoms with E-state index in [4.69, 9.17) is 9.15 Å². The van der Waals surface area contributed by atoms with Gasteiger partial charge in [-0.2, -0.15) is 0 Å². The number of carbonyl (C=O) groups is 1. The van der Waals surface area contributed by atoms with E-state index < -0.39 is 0 Å². The predicted octanol–water partition coefficient (Wildman–Crippen LogP) is 5.25. The third-order valence-electron chi connectivity index (χ3n) is 5.31. The van der Waals surface area contributed by atoms with Crippen LogP contribution in [0.15, 0.2) is 65.3 Å². The fourth-order valence-electron chi connectivity index (χ4n) is 3.65. The normalized spacial score (nSPS) is 14.9. The van der Waals surface area contributed by atoms with Gasteiger partial charge in [0, 0.05) is 31.5 Å². The van der Waals surface area contributed by atoms with Gasteiger partial charge in [0.25, 0.3) is 5.91 Å². The Hall–Kier alpha value is -3.01. The molecule has 2 aromatic carbocycles. The first kappa shape index (κ1) is 18.4. The Bertz CT molecular complexity index is 953. The number of benzene rings is 2. The Morgan fingerprint density at radius 2 is 1.79 bits per heavy atom. The summed E-state index contributed by atoms with van der Waals surface area (Å²) in [6.07, 6.45) is 3.36. The minimum absolute atomic E-state index is 0.0472. The monoisotopic (exact) mass is 375 g/mol. The van der Waals surface area contributed by atoms with Gasteiger partial charge in [0.05, 0.1) is 6.26 Å². The molecule has 0 bridgehead atoms. The molecular formula is C24H25NO3. The number of furan rings is 1. The van der Waals surface area contributed by atoms with Gasteiger partial charge in [0.2, 0.25) is 0 Å². The van der Waals surface area contributed by atoms with E-state index in [1.807, 2.05) is 41.3 Å². The van der Waals surface area contributed by atoms with E-state index in [2.05, 4.69) is 32.0 Å². The minimum Gasteiger partial charge on any atom is -0.490 e. The summed E-state index contributed by atoms with van der Waals surface area (Å²) in [6.45, 7) is 5.48. The molecule has 1 fully saturated rings. The van der Waals surface area contributed by atoms with Crippen LogP contribution in [0.2, 0.25) is 0 Å². The van der Waals surface area contributed by atoms with Gasteiger partial charge < -0.3 is 14.1 Å². The van der Waals surface area contributed by atoms with Gasteiger partial charge in [-0.1, -0.05) is 42.5 Å². The molecule has 4 heteroatoms. The smallest absolute Gasteiger partial charge is 0.290 e. The number of hydrogen-bond acceptors (Lipinski definition) is 3. The van der Waals surface area contributed by atoms with Crippen LogP contribution in [0.1, 0.15) is 34.5 Å². The SMILES string of the molecule is Cc1ccc(C)c(OC2CCN(C(=O)c3occc3-c3ccccc3)CC2)c1. The second kappa shape index (κ2) is 7.93. The topological polar surface area (TPSA) is 42.7 Å². The molecule has 2 heterocycles. The Balaban J connectivity index is 1.41.